The smallest absolute Gasteiger partial charge is 0.281 e. The minimum Gasteiger partial charge on any atom is -0.433 e. The van der Waals surface area contributed by atoms with Crippen LogP contribution in [0.15, 0.2) is 0 Å². The molecule has 10 heavy (non-hydrogen) atoms. The van der Waals surface area contributed by atoms with E-state index in [9.17, 15) is 0 Å². The average Bonchev–Trinajstić information content (AvgIpc) is 2.41. The van der Waals surface area contributed by atoms with E-state index in [2.05, 4.69) is 4.74 Å². The average molecular weight is 144 g/mol. The van der Waals surface area contributed by atoms with Gasteiger partial charge in [-0.15, -0.1) is 0 Å². The van der Waals surface area contributed by atoms with E-state index in [1.165, 1.54) is 19.1 Å². The standard InChI is InChI=1S/C8H14O2/c9-5-2-1-3-8-4-6-10-7-8/h5,8H,1-4,6-7H2/p+2. The van der Waals surface area contributed by atoms with E-state index < -0.39 is 0 Å². The Hall–Kier alpha value is -0.370. The molecule has 1 unspecified atom stereocenters. The van der Waals surface area contributed by atoms with E-state index in [0.717, 1.165) is 32.0 Å². The molecule has 2 nitrogen and oxygen atoms in total. The zero-order chi connectivity index (χ0) is 7.23. The van der Waals surface area contributed by atoms with Gasteiger partial charge in [0.25, 0.3) is 6.29 Å². The largest absolute Gasteiger partial charge is 0.433 e. The van der Waals surface area contributed by atoms with Crippen LogP contribution < -0.4 is 0 Å². The SMILES string of the molecule is [OH+]=CCCCC1CC[OH+]C1. The van der Waals surface area contributed by atoms with Crippen LogP contribution in [-0.2, 0) is 0 Å². The van der Waals surface area contributed by atoms with Crippen LogP contribution in [0.1, 0.15) is 25.7 Å². The fourth-order valence-electron chi connectivity index (χ4n) is 1.37. The number of unbranched alkanes of at least 4 members (excludes halogenated alkanes) is 1. The maximum absolute atomic E-state index is 8.39. The van der Waals surface area contributed by atoms with Crippen molar-refractivity contribution < 1.29 is 9.53 Å². The van der Waals surface area contributed by atoms with Gasteiger partial charge in [-0.1, -0.05) is 0 Å². The molecule has 1 aliphatic heterocycles. The third kappa shape index (κ3) is 2.48. The molecule has 1 rings (SSSR count). The molecule has 0 radical (unpaired) electrons. The Morgan fingerprint density at radius 2 is 2.50 bits per heavy atom. The van der Waals surface area contributed by atoms with E-state index in [-0.39, 0.29) is 0 Å². The predicted octanol–water partition coefficient (Wildman–Crippen LogP) is 0.879. The number of carbonyl (C=O) groups excluding carboxylic acids is 1. The van der Waals surface area contributed by atoms with Crippen molar-refractivity contribution in [1.82, 2.24) is 0 Å². The van der Waals surface area contributed by atoms with Gasteiger partial charge in [0.2, 0.25) is 0 Å². The molecular weight excluding hydrogens is 128 g/mol. The number of aldehydes is 1. The number of rotatable bonds is 4. The fraction of sp³-hybridized carbons (Fsp3) is 0.875. The van der Waals surface area contributed by atoms with Crippen LogP contribution in [0.25, 0.3) is 0 Å². The second-order valence-corrected chi connectivity index (χ2v) is 2.90. The Kier molecular flexibility index (Phi) is 3.44. The number of ether oxygens (including phenoxy) is 1. The summed E-state index contributed by atoms with van der Waals surface area (Å²) in [6.07, 6.45) is 5.73. The zero-order valence-electron chi connectivity index (χ0n) is 6.29. The summed E-state index contributed by atoms with van der Waals surface area (Å²) in [4.78, 5) is 8.39. The molecule has 1 fully saturated rings. The van der Waals surface area contributed by atoms with Gasteiger partial charge < -0.3 is 4.74 Å². The molecule has 0 aromatic rings. The number of hydrogen-bond donors (Lipinski definition) is 0. The van der Waals surface area contributed by atoms with Gasteiger partial charge in [-0.3, -0.25) is 4.79 Å². The van der Waals surface area contributed by atoms with Crippen molar-refractivity contribution in [2.75, 3.05) is 13.2 Å². The minimum atomic E-state index is 0.819. The lowest BCUT2D eigenvalue weighted by Crippen LogP contribution is -1.99. The van der Waals surface area contributed by atoms with Gasteiger partial charge in [0.05, 0.1) is 6.42 Å². The molecule has 2 heteroatoms. The van der Waals surface area contributed by atoms with E-state index in [0.29, 0.717) is 0 Å². The summed E-state index contributed by atoms with van der Waals surface area (Å²) in [5.74, 6) is 0.819. The van der Waals surface area contributed by atoms with E-state index >= 15 is 0 Å². The molecule has 0 aromatic carbocycles. The Balaban J connectivity index is 1.96. The van der Waals surface area contributed by atoms with E-state index in [4.69, 9.17) is 4.79 Å². The highest BCUT2D eigenvalue weighted by Crippen LogP contribution is 2.16. The molecule has 1 aliphatic rings. The van der Waals surface area contributed by atoms with Crippen LogP contribution in [0.4, 0.5) is 0 Å². The van der Waals surface area contributed by atoms with Crippen LogP contribution in [0.2, 0.25) is 0 Å². The van der Waals surface area contributed by atoms with Gasteiger partial charge >= 0.3 is 0 Å². The molecule has 0 aromatic heterocycles. The van der Waals surface area contributed by atoms with Crippen molar-refractivity contribution in [1.29, 1.82) is 0 Å². The quantitative estimate of drug-likeness (QED) is 0.319. The Morgan fingerprint density at radius 3 is 3.10 bits per heavy atom. The maximum atomic E-state index is 8.39. The monoisotopic (exact) mass is 144 g/mol. The van der Waals surface area contributed by atoms with Gasteiger partial charge in [-0.05, 0) is 12.8 Å². The summed E-state index contributed by atoms with van der Waals surface area (Å²) >= 11 is 0. The van der Waals surface area contributed by atoms with Crippen LogP contribution in [0.5, 0.6) is 0 Å². The number of hydrogen-bond acceptors (Lipinski definition) is 0. The molecule has 0 amide bonds. The Bertz CT molecular complexity index is 95.4. The van der Waals surface area contributed by atoms with Crippen molar-refractivity contribution in [2.45, 2.75) is 25.7 Å². The van der Waals surface area contributed by atoms with Gasteiger partial charge in [0.15, 0.2) is 0 Å². The van der Waals surface area contributed by atoms with Crippen LogP contribution in [0.3, 0.4) is 0 Å². The minimum absolute atomic E-state index is 0.819. The van der Waals surface area contributed by atoms with E-state index in [1.807, 2.05) is 0 Å². The number of aliphatic hydroxyl groups is 2. The summed E-state index contributed by atoms with van der Waals surface area (Å²) in [7, 11) is 0. The second-order valence-electron chi connectivity index (χ2n) is 2.90. The lowest BCUT2D eigenvalue weighted by molar-refractivity contribution is 0.00178. The summed E-state index contributed by atoms with van der Waals surface area (Å²) in [5, 5.41) is 0. The highest BCUT2D eigenvalue weighted by Gasteiger charge is 2.18. The summed E-state index contributed by atoms with van der Waals surface area (Å²) < 4.78 is 4.27. The normalized spacial score (nSPS) is 25.0. The van der Waals surface area contributed by atoms with Crippen molar-refractivity contribution in [3.8, 4) is 0 Å². The van der Waals surface area contributed by atoms with Gasteiger partial charge in [-0.2, -0.15) is 0 Å². The second kappa shape index (κ2) is 4.45. The molecule has 1 saturated heterocycles. The predicted molar refractivity (Wildman–Crippen MR) is 41.9 cm³/mol. The first-order chi connectivity index (χ1) is 4.93. The molecule has 0 saturated carbocycles. The van der Waals surface area contributed by atoms with Crippen LogP contribution >= 0.6 is 0 Å². The van der Waals surface area contributed by atoms with Crippen molar-refractivity contribution in [3.05, 3.63) is 0 Å². The molecule has 58 valence electrons. The molecule has 0 bridgehead atoms. The highest BCUT2D eigenvalue weighted by molar-refractivity contribution is 5.50. The lowest BCUT2D eigenvalue weighted by Gasteiger charge is -1.99. The van der Waals surface area contributed by atoms with Crippen LogP contribution in [0, 0.1) is 5.92 Å². The zero-order valence-corrected chi connectivity index (χ0v) is 6.29. The van der Waals surface area contributed by atoms with Gasteiger partial charge in [-0.25, -0.2) is 0 Å². The third-order valence-corrected chi connectivity index (χ3v) is 2.03. The molecule has 1 heterocycles. The van der Waals surface area contributed by atoms with Crippen molar-refractivity contribution in [3.63, 3.8) is 0 Å². The summed E-state index contributed by atoms with van der Waals surface area (Å²) in [6, 6.07) is 0. The first-order valence-electron chi connectivity index (χ1n) is 4.02. The van der Waals surface area contributed by atoms with Gasteiger partial charge in [0, 0.05) is 12.3 Å². The fourth-order valence-corrected chi connectivity index (χ4v) is 1.37. The Labute approximate surface area is 61.6 Å². The molecule has 0 aliphatic carbocycles. The lowest BCUT2D eigenvalue weighted by atomic mass is 10.0. The molecular formula is C8H16O2+2. The molecule has 2 N–H and O–H groups in total. The van der Waals surface area contributed by atoms with Crippen LogP contribution in [-0.4, -0.2) is 29.0 Å². The third-order valence-electron chi connectivity index (χ3n) is 2.03. The maximum Gasteiger partial charge on any atom is 0.281 e. The summed E-state index contributed by atoms with van der Waals surface area (Å²) in [6.45, 7) is 2.12. The van der Waals surface area contributed by atoms with E-state index in [1.54, 1.807) is 0 Å². The Morgan fingerprint density at radius 1 is 1.60 bits per heavy atom. The highest BCUT2D eigenvalue weighted by atomic mass is 16.5. The van der Waals surface area contributed by atoms with Crippen molar-refractivity contribution in [2.24, 2.45) is 5.92 Å². The first-order valence-corrected chi connectivity index (χ1v) is 4.02. The molecule has 1 atom stereocenters. The topological polar surface area (TPSA) is 34.2 Å². The van der Waals surface area contributed by atoms with Gasteiger partial charge in [0.1, 0.15) is 13.2 Å². The summed E-state index contributed by atoms with van der Waals surface area (Å²) in [5.41, 5.74) is 0. The molecule has 0 spiro atoms. The first kappa shape index (κ1) is 7.73. The van der Waals surface area contributed by atoms with Crippen molar-refractivity contribution >= 4 is 6.29 Å².